The van der Waals surface area contributed by atoms with Crippen molar-refractivity contribution in [2.45, 2.75) is 12.8 Å². The second-order valence-electron chi connectivity index (χ2n) is 6.01. The van der Waals surface area contributed by atoms with E-state index in [-0.39, 0.29) is 30.3 Å². The molecule has 0 aliphatic carbocycles. The zero-order valence-electron chi connectivity index (χ0n) is 17.7. The number of hydrogen-bond acceptors (Lipinski definition) is 9. The van der Waals surface area contributed by atoms with Gasteiger partial charge < -0.3 is 23.7 Å². The second kappa shape index (κ2) is 14.0. The van der Waals surface area contributed by atoms with Crippen LogP contribution in [0.1, 0.15) is 23.2 Å². The predicted octanol–water partition coefficient (Wildman–Crippen LogP) is 3.67. The minimum Gasteiger partial charge on any atom is -0.465 e. The molecule has 0 spiro atoms. The summed E-state index contributed by atoms with van der Waals surface area (Å²) in [6.45, 7) is 10.6. The minimum absolute atomic E-state index is 0.0331. The van der Waals surface area contributed by atoms with E-state index in [0.29, 0.717) is 18.4 Å². The molecule has 1 aromatic rings. The second-order valence-corrected chi connectivity index (χ2v) is 6.01. The molecular formula is C23H24O9. The molecule has 0 bridgehead atoms. The van der Waals surface area contributed by atoms with E-state index in [9.17, 15) is 19.2 Å². The number of carbonyl (C=O) groups excluding carboxylic acids is 4. The van der Waals surface area contributed by atoms with Crippen molar-refractivity contribution in [3.63, 3.8) is 0 Å². The van der Waals surface area contributed by atoms with Crippen LogP contribution in [0, 0.1) is 0 Å². The van der Waals surface area contributed by atoms with Gasteiger partial charge in [0.15, 0.2) is 0 Å². The van der Waals surface area contributed by atoms with Crippen molar-refractivity contribution >= 4 is 24.1 Å². The molecule has 0 fully saturated rings. The molecule has 0 N–H and O–H groups in total. The lowest BCUT2D eigenvalue weighted by molar-refractivity contribution is -0.138. The number of unbranched alkanes of at least 4 members (excludes halogenated alkanes) is 1. The third-order valence-electron chi connectivity index (χ3n) is 3.60. The normalized spacial score (nSPS) is 10.0. The van der Waals surface area contributed by atoms with Crippen LogP contribution in [0.15, 0.2) is 73.6 Å². The SMILES string of the molecule is C=CC(=O)OCCCCOC(=O)OC(=C)/C=C\C(=C)C(=O)Oc1ccc(C(=O)OC)cc1. The Labute approximate surface area is 185 Å². The van der Waals surface area contributed by atoms with Gasteiger partial charge in [0.1, 0.15) is 11.5 Å². The number of rotatable bonds is 12. The largest absolute Gasteiger partial charge is 0.513 e. The van der Waals surface area contributed by atoms with Gasteiger partial charge >= 0.3 is 24.1 Å². The number of hydrogen-bond donors (Lipinski definition) is 0. The van der Waals surface area contributed by atoms with Gasteiger partial charge in [0, 0.05) is 6.08 Å². The lowest BCUT2D eigenvalue weighted by atomic mass is 10.2. The fourth-order valence-corrected chi connectivity index (χ4v) is 1.97. The van der Waals surface area contributed by atoms with Crippen LogP contribution in [-0.4, -0.2) is 44.4 Å². The highest BCUT2D eigenvalue weighted by Crippen LogP contribution is 2.15. The van der Waals surface area contributed by atoms with E-state index in [4.69, 9.17) is 18.9 Å². The van der Waals surface area contributed by atoms with E-state index >= 15 is 0 Å². The highest BCUT2D eigenvalue weighted by atomic mass is 16.7. The van der Waals surface area contributed by atoms with E-state index in [1.165, 1.54) is 43.5 Å². The van der Waals surface area contributed by atoms with Crippen LogP contribution in [0.3, 0.4) is 0 Å². The van der Waals surface area contributed by atoms with Crippen molar-refractivity contribution in [2.75, 3.05) is 20.3 Å². The summed E-state index contributed by atoms with van der Waals surface area (Å²) in [6, 6.07) is 5.76. The van der Waals surface area contributed by atoms with Crippen LogP contribution in [0.4, 0.5) is 4.79 Å². The molecule has 9 heteroatoms. The first-order chi connectivity index (χ1) is 15.3. The molecule has 0 heterocycles. The number of carbonyl (C=O) groups is 4. The lowest BCUT2D eigenvalue weighted by Gasteiger charge is -2.06. The van der Waals surface area contributed by atoms with E-state index < -0.39 is 24.1 Å². The van der Waals surface area contributed by atoms with Crippen LogP contribution in [0.2, 0.25) is 0 Å². The quantitative estimate of drug-likeness (QED) is 0.0906. The smallest absolute Gasteiger partial charge is 0.465 e. The number of benzene rings is 1. The Kier molecular flexibility index (Phi) is 11.3. The summed E-state index contributed by atoms with van der Waals surface area (Å²) in [4.78, 5) is 45.9. The molecule has 0 radical (unpaired) electrons. The number of allylic oxidation sites excluding steroid dienone is 1. The van der Waals surface area contributed by atoms with E-state index in [2.05, 4.69) is 24.5 Å². The molecule has 0 unspecified atom stereocenters. The van der Waals surface area contributed by atoms with Gasteiger partial charge in [0.2, 0.25) is 0 Å². The topological polar surface area (TPSA) is 114 Å². The van der Waals surface area contributed by atoms with Gasteiger partial charge in [0.05, 0.1) is 31.5 Å². The molecule has 0 aliphatic rings. The molecule has 1 aromatic carbocycles. The fraction of sp³-hybridized carbons (Fsp3) is 0.217. The van der Waals surface area contributed by atoms with Gasteiger partial charge in [-0.05, 0) is 49.3 Å². The predicted molar refractivity (Wildman–Crippen MR) is 114 cm³/mol. The summed E-state index contributed by atoms with van der Waals surface area (Å²) < 4.78 is 24.2. The monoisotopic (exact) mass is 444 g/mol. The number of esters is 3. The van der Waals surface area contributed by atoms with Crippen molar-refractivity contribution in [1.29, 1.82) is 0 Å². The van der Waals surface area contributed by atoms with Crippen LogP contribution in [-0.2, 0) is 28.5 Å². The first-order valence-electron chi connectivity index (χ1n) is 9.37. The average molecular weight is 444 g/mol. The fourth-order valence-electron chi connectivity index (χ4n) is 1.97. The van der Waals surface area contributed by atoms with Gasteiger partial charge in [0.25, 0.3) is 0 Å². The van der Waals surface area contributed by atoms with Crippen LogP contribution in [0.5, 0.6) is 5.75 Å². The molecule has 0 amide bonds. The molecular weight excluding hydrogens is 420 g/mol. The van der Waals surface area contributed by atoms with Gasteiger partial charge in [-0.15, -0.1) is 0 Å². The van der Waals surface area contributed by atoms with E-state index in [0.717, 1.165) is 6.08 Å². The maximum Gasteiger partial charge on any atom is 0.513 e. The van der Waals surface area contributed by atoms with E-state index in [1.807, 2.05) is 0 Å². The van der Waals surface area contributed by atoms with Crippen LogP contribution >= 0.6 is 0 Å². The van der Waals surface area contributed by atoms with Gasteiger partial charge in [-0.3, -0.25) is 0 Å². The minimum atomic E-state index is -0.971. The highest BCUT2D eigenvalue weighted by Gasteiger charge is 2.10. The van der Waals surface area contributed by atoms with Crippen molar-refractivity contribution in [2.24, 2.45) is 0 Å². The molecule has 0 aliphatic heterocycles. The molecule has 0 saturated heterocycles. The Morgan fingerprint density at radius 3 is 2.16 bits per heavy atom. The summed E-state index contributed by atoms with van der Waals surface area (Å²) in [5, 5.41) is 0. The molecule has 170 valence electrons. The summed E-state index contributed by atoms with van der Waals surface area (Å²) in [5.74, 6) is -1.65. The Morgan fingerprint density at radius 1 is 0.938 bits per heavy atom. The average Bonchev–Trinajstić information content (AvgIpc) is 2.79. The Hall–Kier alpha value is -4.14. The van der Waals surface area contributed by atoms with Crippen molar-refractivity contribution in [3.8, 4) is 5.75 Å². The molecule has 0 saturated carbocycles. The summed E-state index contributed by atoms with van der Waals surface area (Å²) >= 11 is 0. The molecule has 0 aromatic heterocycles. The Balaban J connectivity index is 2.34. The van der Waals surface area contributed by atoms with Crippen LogP contribution in [0.25, 0.3) is 0 Å². The summed E-state index contributed by atoms with van der Waals surface area (Å²) in [5.41, 5.74) is 0.275. The maximum atomic E-state index is 12.0. The zero-order valence-corrected chi connectivity index (χ0v) is 17.7. The first-order valence-corrected chi connectivity index (χ1v) is 9.37. The van der Waals surface area contributed by atoms with Gasteiger partial charge in [-0.2, -0.15) is 0 Å². The number of methoxy groups -OCH3 is 1. The maximum absolute atomic E-state index is 12.0. The molecule has 9 nitrogen and oxygen atoms in total. The summed E-state index contributed by atoms with van der Waals surface area (Å²) in [7, 11) is 1.26. The number of ether oxygens (including phenoxy) is 5. The third kappa shape index (κ3) is 10.1. The van der Waals surface area contributed by atoms with Crippen molar-refractivity contribution in [3.05, 3.63) is 79.1 Å². The lowest BCUT2D eigenvalue weighted by Crippen LogP contribution is -2.10. The molecule has 1 rings (SSSR count). The Bertz CT molecular complexity index is 895. The van der Waals surface area contributed by atoms with Crippen LogP contribution < -0.4 is 4.74 Å². The molecule has 0 atom stereocenters. The zero-order chi connectivity index (χ0) is 23.9. The standard InChI is InChI=1S/C23H24O9/c1-5-20(24)29-14-6-7-15-30-23(27)31-17(3)9-8-16(2)21(25)32-19-12-10-18(11-13-19)22(26)28-4/h5,8-13H,1-3,6-7,14-15H2,4H3/b9-8-. The van der Waals surface area contributed by atoms with Gasteiger partial charge in [-0.1, -0.05) is 19.7 Å². The van der Waals surface area contributed by atoms with Crippen molar-refractivity contribution < 1.29 is 42.9 Å². The van der Waals surface area contributed by atoms with Crippen molar-refractivity contribution in [1.82, 2.24) is 0 Å². The summed E-state index contributed by atoms with van der Waals surface area (Å²) in [6.07, 6.45) is 3.56. The Morgan fingerprint density at radius 2 is 1.56 bits per heavy atom. The first kappa shape index (κ1) is 25.9. The highest BCUT2D eigenvalue weighted by molar-refractivity contribution is 5.93. The van der Waals surface area contributed by atoms with Gasteiger partial charge in [-0.25, -0.2) is 19.2 Å². The molecule has 32 heavy (non-hydrogen) atoms. The van der Waals surface area contributed by atoms with E-state index in [1.54, 1.807) is 0 Å². The third-order valence-corrected chi connectivity index (χ3v) is 3.60.